The smallest absolute Gasteiger partial charge is 0.150 e. The van der Waals surface area contributed by atoms with Gasteiger partial charge in [-0.05, 0) is 18.4 Å². The zero-order valence-electron chi connectivity index (χ0n) is 9.61. The third-order valence-electron chi connectivity index (χ3n) is 2.62. The fraction of sp³-hybridized carbons (Fsp3) is 0.385. The van der Waals surface area contributed by atoms with Crippen LogP contribution in [0.5, 0.6) is 0 Å². The van der Waals surface area contributed by atoms with Crippen molar-refractivity contribution in [1.29, 1.82) is 0 Å². The first kappa shape index (κ1) is 10.9. The van der Waals surface area contributed by atoms with Crippen LogP contribution >= 0.6 is 0 Å². The van der Waals surface area contributed by atoms with Gasteiger partial charge in [0.15, 0.2) is 0 Å². The second-order valence-corrected chi connectivity index (χ2v) is 3.89. The van der Waals surface area contributed by atoms with Gasteiger partial charge in [-0.2, -0.15) is 5.10 Å². The summed E-state index contributed by atoms with van der Waals surface area (Å²) < 4.78 is 0. The maximum absolute atomic E-state index is 4.39. The number of H-pyrrole nitrogens is 1. The van der Waals surface area contributed by atoms with E-state index >= 15 is 0 Å². The summed E-state index contributed by atoms with van der Waals surface area (Å²) in [6.45, 7) is 2.07. The highest BCUT2D eigenvalue weighted by Gasteiger charge is 2.00. The molecular formula is C13H17N3. The summed E-state index contributed by atoms with van der Waals surface area (Å²) in [6.07, 6.45) is 4.09. The van der Waals surface area contributed by atoms with Crippen molar-refractivity contribution in [3.8, 4) is 0 Å². The molecule has 0 saturated carbocycles. The Balaban J connectivity index is 1.80. The van der Waals surface area contributed by atoms with Gasteiger partial charge in [0, 0.05) is 12.8 Å². The summed E-state index contributed by atoms with van der Waals surface area (Å²) in [6, 6.07) is 10.5. The van der Waals surface area contributed by atoms with Gasteiger partial charge in [-0.3, -0.25) is 5.10 Å². The van der Waals surface area contributed by atoms with Crippen LogP contribution in [0.1, 0.15) is 30.6 Å². The molecule has 2 rings (SSSR count). The number of benzene rings is 1. The summed E-state index contributed by atoms with van der Waals surface area (Å²) >= 11 is 0. The third kappa shape index (κ3) is 2.92. The van der Waals surface area contributed by atoms with Gasteiger partial charge in [0.05, 0.1) is 0 Å². The number of aryl methyl sites for hydroxylation is 3. The molecule has 3 heteroatoms. The van der Waals surface area contributed by atoms with E-state index in [1.54, 1.807) is 0 Å². The van der Waals surface area contributed by atoms with Crippen molar-refractivity contribution in [3.05, 3.63) is 47.5 Å². The Bertz CT molecular complexity index is 420. The molecule has 0 spiro atoms. The molecule has 0 amide bonds. The summed E-state index contributed by atoms with van der Waals surface area (Å²) in [4.78, 5) is 4.39. The van der Waals surface area contributed by atoms with Crippen LogP contribution in [-0.4, -0.2) is 15.2 Å². The first-order valence-corrected chi connectivity index (χ1v) is 5.82. The van der Waals surface area contributed by atoms with Crippen LogP contribution in [0.2, 0.25) is 0 Å². The molecule has 0 fully saturated rings. The van der Waals surface area contributed by atoms with Gasteiger partial charge in [0.25, 0.3) is 0 Å². The minimum atomic E-state index is 0.898. The van der Waals surface area contributed by atoms with Gasteiger partial charge >= 0.3 is 0 Å². The first-order chi connectivity index (χ1) is 7.88. The number of hydrogen-bond acceptors (Lipinski definition) is 2. The average Bonchev–Trinajstić information content (AvgIpc) is 2.78. The minimum Gasteiger partial charge on any atom is -0.263 e. The number of aromatic nitrogens is 3. The van der Waals surface area contributed by atoms with E-state index in [0.29, 0.717) is 0 Å². The van der Waals surface area contributed by atoms with Crippen LogP contribution < -0.4 is 0 Å². The molecule has 1 aromatic carbocycles. The predicted octanol–water partition coefficient (Wildman–Crippen LogP) is 2.54. The molecule has 0 atom stereocenters. The van der Waals surface area contributed by atoms with Gasteiger partial charge in [0.1, 0.15) is 11.6 Å². The molecular weight excluding hydrogens is 198 g/mol. The Morgan fingerprint density at radius 3 is 2.62 bits per heavy atom. The van der Waals surface area contributed by atoms with Gasteiger partial charge in [-0.15, -0.1) is 0 Å². The van der Waals surface area contributed by atoms with E-state index in [9.17, 15) is 0 Å². The van der Waals surface area contributed by atoms with E-state index in [1.807, 2.05) is 6.07 Å². The highest BCUT2D eigenvalue weighted by Crippen LogP contribution is 2.05. The fourth-order valence-electron chi connectivity index (χ4n) is 1.71. The molecule has 84 valence electrons. The second kappa shape index (κ2) is 5.45. The maximum atomic E-state index is 4.39. The van der Waals surface area contributed by atoms with Crippen molar-refractivity contribution >= 4 is 0 Å². The fourth-order valence-corrected chi connectivity index (χ4v) is 1.71. The molecule has 3 nitrogen and oxygen atoms in total. The van der Waals surface area contributed by atoms with Crippen molar-refractivity contribution in [3.63, 3.8) is 0 Å². The lowest BCUT2D eigenvalue weighted by molar-refractivity contribution is 0.774. The summed E-state index contributed by atoms with van der Waals surface area (Å²) in [7, 11) is 0. The van der Waals surface area contributed by atoms with E-state index in [4.69, 9.17) is 0 Å². The minimum absolute atomic E-state index is 0.898. The molecule has 1 N–H and O–H groups in total. The van der Waals surface area contributed by atoms with E-state index in [0.717, 1.165) is 37.3 Å². The standard InChI is InChI=1S/C13H17N3/c1-2-12-14-13(16-15-12)10-6-9-11-7-4-3-5-8-11/h3-5,7-8H,2,6,9-10H2,1H3,(H,14,15,16). The van der Waals surface area contributed by atoms with Crippen molar-refractivity contribution in [2.24, 2.45) is 0 Å². The lowest BCUT2D eigenvalue weighted by Gasteiger charge is -1.98. The van der Waals surface area contributed by atoms with Gasteiger partial charge < -0.3 is 0 Å². The number of aromatic amines is 1. The van der Waals surface area contributed by atoms with E-state index < -0.39 is 0 Å². The van der Waals surface area contributed by atoms with Gasteiger partial charge in [0.2, 0.25) is 0 Å². The molecule has 0 unspecified atom stereocenters. The SMILES string of the molecule is CCc1n[nH]c(CCCc2ccccc2)n1. The van der Waals surface area contributed by atoms with Gasteiger partial charge in [-0.25, -0.2) is 4.98 Å². The van der Waals surface area contributed by atoms with Crippen LogP contribution in [-0.2, 0) is 19.3 Å². The topological polar surface area (TPSA) is 41.6 Å². The molecule has 0 aliphatic rings. The molecule has 2 aromatic rings. The molecule has 1 aromatic heterocycles. The number of hydrogen-bond donors (Lipinski definition) is 1. The van der Waals surface area contributed by atoms with Crippen molar-refractivity contribution in [1.82, 2.24) is 15.2 Å². The Hall–Kier alpha value is -1.64. The quantitative estimate of drug-likeness (QED) is 0.832. The van der Waals surface area contributed by atoms with Crippen LogP contribution in [0.4, 0.5) is 0 Å². The number of rotatable bonds is 5. The summed E-state index contributed by atoms with van der Waals surface area (Å²) in [5.74, 6) is 1.92. The van der Waals surface area contributed by atoms with Crippen LogP contribution in [0, 0.1) is 0 Å². The molecule has 0 aliphatic heterocycles. The Morgan fingerprint density at radius 1 is 1.12 bits per heavy atom. The molecule has 0 aliphatic carbocycles. The van der Waals surface area contributed by atoms with Crippen LogP contribution in [0.3, 0.4) is 0 Å². The second-order valence-electron chi connectivity index (χ2n) is 3.89. The first-order valence-electron chi connectivity index (χ1n) is 5.82. The van der Waals surface area contributed by atoms with Crippen LogP contribution in [0.15, 0.2) is 30.3 Å². The van der Waals surface area contributed by atoms with E-state index in [2.05, 4.69) is 46.4 Å². The summed E-state index contributed by atoms with van der Waals surface area (Å²) in [5, 5.41) is 7.11. The van der Waals surface area contributed by atoms with Crippen molar-refractivity contribution in [2.45, 2.75) is 32.6 Å². The van der Waals surface area contributed by atoms with Crippen molar-refractivity contribution in [2.75, 3.05) is 0 Å². The molecule has 0 radical (unpaired) electrons. The highest BCUT2D eigenvalue weighted by molar-refractivity contribution is 5.14. The largest absolute Gasteiger partial charge is 0.263 e. The van der Waals surface area contributed by atoms with Gasteiger partial charge in [-0.1, -0.05) is 37.3 Å². The zero-order chi connectivity index (χ0) is 11.2. The third-order valence-corrected chi connectivity index (χ3v) is 2.62. The highest BCUT2D eigenvalue weighted by atomic mass is 15.2. The lowest BCUT2D eigenvalue weighted by Crippen LogP contribution is -1.92. The van der Waals surface area contributed by atoms with Crippen LogP contribution in [0.25, 0.3) is 0 Å². The maximum Gasteiger partial charge on any atom is 0.150 e. The average molecular weight is 215 g/mol. The summed E-state index contributed by atoms with van der Waals surface area (Å²) in [5.41, 5.74) is 1.39. The Morgan fingerprint density at radius 2 is 1.94 bits per heavy atom. The van der Waals surface area contributed by atoms with E-state index in [1.165, 1.54) is 5.56 Å². The number of nitrogens with zero attached hydrogens (tertiary/aromatic N) is 2. The molecule has 0 saturated heterocycles. The molecule has 1 heterocycles. The normalized spacial score (nSPS) is 10.6. The Kier molecular flexibility index (Phi) is 3.70. The zero-order valence-corrected chi connectivity index (χ0v) is 9.61. The lowest BCUT2D eigenvalue weighted by atomic mass is 10.1. The molecule has 0 bridgehead atoms. The van der Waals surface area contributed by atoms with Crippen molar-refractivity contribution < 1.29 is 0 Å². The molecule has 16 heavy (non-hydrogen) atoms. The van der Waals surface area contributed by atoms with E-state index in [-0.39, 0.29) is 0 Å². The predicted molar refractivity (Wildman–Crippen MR) is 64.2 cm³/mol. The Labute approximate surface area is 95.9 Å². The monoisotopic (exact) mass is 215 g/mol. The number of nitrogens with one attached hydrogen (secondary N) is 1.